The maximum Gasteiger partial charge on any atom is 0.0685 e. The Labute approximate surface area is 89.9 Å². The molecule has 0 saturated carbocycles. The van der Waals surface area contributed by atoms with E-state index in [4.69, 9.17) is 16.7 Å². The Kier molecular flexibility index (Phi) is 4.94. The minimum Gasteiger partial charge on any atom is -0.392 e. The third kappa shape index (κ3) is 3.29. The topological polar surface area (TPSA) is 32.3 Å². The molecule has 0 saturated heterocycles. The van der Waals surface area contributed by atoms with Gasteiger partial charge in [-0.1, -0.05) is 17.7 Å². The smallest absolute Gasteiger partial charge is 0.0685 e. The van der Waals surface area contributed by atoms with Crippen LogP contribution in [0, 0.1) is 0 Å². The molecule has 0 atom stereocenters. The van der Waals surface area contributed by atoms with E-state index in [1.165, 1.54) is 5.56 Å². The van der Waals surface area contributed by atoms with E-state index in [0.717, 1.165) is 24.9 Å². The molecule has 3 heteroatoms. The highest BCUT2D eigenvalue weighted by atomic mass is 35.5. The van der Waals surface area contributed by atoms with Gasteiger partial charge in [0.25, 0.3) is 0 Å². The molecule has 0 spiro atoms. The van der Waals surface area contributed by atoms with Crippen LogP contribution in [-0.2, 0) is 13.0 Å². The SMILES string of the molecule is CNCCCc1ccc(Cl)cc1CO. The molecule has 0 bridgehead atoms. The number of benzene rings is 1. The highest BCUT2D eigenvalue weighted by Gasteiger charge is 2.01. The first kappa shape index (κ1) is 11.5. The Balaban J connectivity index is 2.65. The molecule has 1 aromatic carbocycles. The first-order chi connectivity index (χ1) is 6.77. The van der Waals surface area contributed by atoms with Crippen LogP contribution in [0.15, 0.2) is 18.2 Å². The second-order valence-electron chi connectivity index (χ2n) is 3.28. The molecule has 0 radical (unpaired) electrons. The molecule has 2 N–H and O–H groups in total. The third-order valence-electron chi connectivity index (χ3n) is 2.21. The number of hydrogen-bond acceptors (Lipinski definition) is 2. The molecule has 0 aliphatic rings. The van der Waals surface area contributed by atoms with Crippen molar-refractivity contribution < 1.29 is 5.11 Å². The van der Waals surface area contributed by atoms with Gasteiger partial charge in [-0.2, -0.15) is 0 Å². The van der Waals surface area contributed by atoms with Crippen molar-refractivity contribution in [3.8, 4) is 0 Å². The minimum atomic E-state index is 0.0649. The molecule has 0 aromatic heterocycles. The van der Waals surface area contributed by atoms with E-state index in [1.807, 2.05) is 25.2 Å². The number of aliphatic hydroxyl groups is 1. The van der Waals surface area contributed by atoms with Crippen LogP contribution < -0.4 is 5.32 Å². The lowest BCUT2D eigenvalue weighted by atomic mass is 10.0. The summed E-state index contributed by atoms with van der Waals surface area (Å²) in [6.45, 7) is 1.06. The van der Waals surface area contributed by atoms with Crippen molar-refractivity contribution in [1.29, 1.82) is 0 Å². The van der Waals surface area contributed by atoms with Crippen molar-refractivity contribution in [1.82, 2.24) is 5.32 Å². The molecular formula is C11H16ClNO. The molecule has 0 aliphatic heterocycles. The predicted molar refractivity (Wildman–Crippen MR) is 59.6 cm³/mol. The Morgan fingerprint density at radius 2 is 2.14 bits per heavy atom. The van der Waals surface area contributed by atoms with Crippen LogP contribution in [0.3, 0.4) is 0 Å². The average molecular weight is 214 g/mol. The fourth-order valence-electron chi connectivity index (χ4n) is 1.44. The summed E-state index contributed by atoms with van der Waals surface area (Å²) in [5.41, 5.74) is 2.13. The molecular weight excluding hydrogens is 198 g/mol. The van der Waals surface area contributed by atoms with E-state index < -0.39 is 0 Å². The number of rotatable bonds is 5. The van der Waals surface area contributed by atoms with Gasteiger partial charge >= 0.3 is 0 Å². The zero-order valence-corrected chi connectivity index (χ0v) is 9.14. The largest absolute Gasteiger partial charge is 0.392 e. The van der Waals surface area contributed by atoms with Crippen LogP contribution in [-0.4, -0.2) is 18.7 Å². The van der Waals surface area contributed by atoms with Crippen LogP contribution in [0.2, 0.25) is 5.02 Å². The van der Waals surface area contributed by atoms with E-state index >= 15 is 0 Å². The summed E-state index contributed by atoms with van der Waals surface area (Å²) in [6.07, 6.45) is 2.05. The van der Waals surface area contributed by atoms with Crippen molar-refractivity contribution in [3.05, 3.63) is 34.3 Å². The fourth-order valence-corrected chi connectivity index (χ4v) is 1.64. The van der Waals surface area contributed by atoms with E-state index in [1.54, 1.807) is 0 Å². The zero-order chi connectivity index (χ0) is 10.4. The third-order valence-corrected chi connectivity index (χ3v) is 2.45. The lowest BCUT2D eigenvalue weighted by molar-refractivity contribution is 0.280. The predicted octanol–water partition coefficient (Wildman–Crippen LogP) is 1.98. The lowest BCUT2D eigenvalue weighted by Crippen LogP contribution is -2.09. The molecule has 78 valence electrons. The van der Waals surface area contributed by atoms with Crippen molar-refractivity contribution in [3.63, 3.8) is 0 Å². The Bertz CT molecular complexity index is 289. The number of aliphatic hydroxyl groups excluding tert-OH is 1. The van der Waals surface area contributed by atoms with Crippen LogP contribution in [0.1, 0.15) is 17.5 Å². The monoisotopic (exact) mass is 213 g/mol. The van der Waals surface area contributed by atoms with E-state index in [9.17, 15) is 0 Å². The van der Waals surface area contributed by atoms with Gasteiger partial charge in [-0.15, -0.1) is 0 Å². The van der Waals surface area contributed by atoms with Crippen LogP contribution in [0.4, 0.5) is 0 Å². The molecule has 2 nitrogen and oxygen atoms in total. The standard InChI is InChI=1S/C11H16ClNO/c1-13-6-2-3-9-4-5-11(12)7-10(9)8-14/h4-5,7,13-14H,2-3,6,8H2,1H3. The first-order valence-corrected chi connectivity index (χ1v) is 5.18. The highest BCUT2D eigenvalue weighted by molar-refractivity contribution is 6.30. The maximum absolute atomic E-state index is 9.13. The Morgan fingerprint density at radius 1 is 1.36 bits per heavy atom. The molecule has 0 unspecified atom stereocenters. The van der Waals surface area contributed by atoms with Crippen LogP contribution >= 0.6 is 11.6 Å². The van der Waals surface area contributed by atoms with Gasteiger partial charge in [-0.3, -0.25) is 0 Å². The van der Waals surface area contributed by atoms with Crippen molar-refractivity contribution >= 4 is 11.6 Å². The molecule has 14 heavy (non-hydrogen) atoms. The highest BCUT2D eigenvalue weighted by Crippen LogP contribution is 2.17. The summed E-state index contributed by atoms with van der Waals surface area (Å²) in [5, 5.41) is 12.9. The fraction of sp³-hybridized carbons (Fsp3) is 0.455. The van der Waals surface area contributed by atoms with Gasteiger partial charge in [0.15, 0.2) is 0 Å². The lowest BCUT2D eigenvalue weighted by Gasteiger charge is -2.07. The summed E-state index contributed by atoms with van der Waals surface area (Å²) in [4.78, 5) is 0. The van der Waals surface area contributed by atoms with E-state index in [0.29, 0.717) is 5.02 Å². The molecule has 0 amide bonds. The van der Waals surface area contributed by atoms with E-state index in [2.05, 4.69) is 5.32 Å². The van der Waals surface area contributed by atoms with Crippen molar-refractivity contribution in [2.75, 3.05) is 13.6 Å². The number of hydrogen-bond donors (Lipinski definition) is 2. The van der Waals surface area contributed by atoms with Gasteiger partial charge in [0, 0.05) is 5.02 Å². The average Bonchev–Trinajstić information content (AvgIpc) is 2.20. The van der Waals surface area contributed by atoms with E-state index in [-0.39, 0.29) is 6.61 Å². The normalized spacial score (nSPS) is 10.5. The summed E-state index contributed by atoms with van der Waals surface area (Å²) < 4.78 is 0. The number of halogens is 1. The number of nitrogens with one attached hydrogen (secondary N) is 1. The zero-order valence-electron chi connectivity index (χ0n) is 8.39. The second-order valence-corrected chi connectivity index (χ2v) is 3.71. The quantitative estimate of drug-likeness (QED) is 0.734. The van der Waals surface area contributed by atoms with Crippen LogP contribution in [0.25, 0.3) is 0 Å². The van der Waals surface area contributed by atoms with Gasteiger partial charge in [0.1, 0.15) is 0 Å². The van der Waals surface area contributed by atoms with Crippen LogP contribution in [0.5, 0.6) is 0 Å². The molecule has 1 aromatic rings. The first-order valence-electron chi connectivity index (χ1n) is 4.80. The molecule has 0 aliphatic carbocycles. The van der Waals surface area contributed by atoms with Gasteiger partial charge in [-0.25, -0.2) is 0 Å². The maximum atomic E-state index is 9.13. The molecule has 0 heterocycles. The minimum absolute atomic E-state index is 0.0649. The Hall–Kier alpha value is -0.570. The van der Waals surface area contributed by atoms with Gasteiger partial charge in [0.2, 0.25) is 0 Å². The van der Waals surface area contributed by atoms with Gasteiger partial charge in [0.05, 0.1) is 6.61 Å². The molecule has 1 rings (SSSR count). The van der Waals surface area contributed by atoms with Crippen molar-refractivity contribution in [2.45, 2.75) is 19.4 Å². The van der Waals surface area contributed by atoms with Crippen molar-refractivity contribution in [2.24, 2.45) is 0 Å². The second kappa shape index (κ2) is 6.02. The summed E-state index contributed by atoms with van der Waals surface area (Å²) >= 11 is 5.83. The summed E-state index contributed by atoms with van der Waals surface area (Å²) in [5.74, 6) is 0. The Morgan fingerprint density at radius 3 is 2.79 bits per heavy atom. The van der Waals surface area contributed by atoms with Gasteiger partial charge < -0.3 is 10.4 Å². The summed E-state index contributed by atoms with van der Waals surface area (Å²) in [6, 6.07) is 5.69. The summed E-state index contributed by atoms with van der Waals surface area (Å²) in [7, 11) is 1.94. The number of aryl methyl sites for hydroxylation is 1. The molecule has 0 fully saturated rings. The van der Waals surface area contributed by atoms with Gasteiger partial charge in [-0.05, 0) is 49.7 Å².